The molecule has 0 bridgehead atoms. The van der Waals surface area contributed by atoms with E-state index in [1.165, 1.54) is 16.9 Å². The SMILES string of the molecule is CN=C(NCC1(c2ccccc2)CCC1)NC1CCN(CC(F)(F)F)C1.I. The summed E-state index contributed by atoms with van der Waals surface area (Å²) in [6.07, 6.45) is 0.0624. The third kappa shape index (κ3) is 5.97. The van der Waals surface area contributed by atoms with E-state index in [0.29, 0.717) is 25.5 Å². The number of likely N-dealkylation sites (tertiary alicyclic amines) is 1. The Morgan fingerprint density at radius 2 is 1.96 bits per heavy atom. The van der Waals surface area contributed by atoms with Crippen molar-refractivity contribution in [2.24, 2.45) is 4.99 Å². The van der Waals surface area contributed by atoms with Crippen LogP contribution < -0.4 is 10.6 Å². The molecule has 2 aliphatic rings. The van der Waals surface area contributed by atoms with E-state index in [1.54, 1.807) is 7.05 Å². The lowest BCUT2D eigenvalue weighted by atomic mass is 9.64. The summed E-state index contributed by atoms with van der Waals surface area (Å²) in [6.45, 7) is 0.802. The topological polar surface area (TPSA) is 39.7 Å². The van der Waals surface area contributed by atoms with Crippen LogP contribution in [0.15, 0.2) is 35.3 Å². The van der Waals surface area contributed by atoms with Crippen LogP contribution in [0.4, 0.5) is 13.2 Å². The Morgan fingerprint density at radius 1 is 1.26 bits per heavy atom. The number of nitrogens with zero attached hydrogens (tertiary/aromatic N) is 2. The minimum atomic E-state index is -4.14. The molecule has 1 aliphatic heterocycles. The van der Waals surface area contributed by atoms with Crippen molar-refractivity contribution in [3.05, 3.63) is 35.9 Å². The van der Waals surface area contributed by atoms with Crippen LogP contribution in [0.5, 0.6) is 0 Å². The molecule has 1 aromatic carbocycles. The Balaban J connectivity index is 0.00000261. The highest BCUT2D eigenvalue weighted by Gasteiger charge is 2.39. The highest BCUT2D eigenvalue weighted by molar-refractivity contribution is 14.0. The molecule has 2 fully saturated rings. The molecule has 1 atom stereocenters. The van der Waals surface area contributed by atoms with Gasteiger partial charge in [0.25, 0.3) is 0 Å². The van der Waals surface area contributed by atoms with E-state index < -0.39 is 12.7 Å². The number of guanidine groups is 1. The second kappa shape index (κ2) is 9.45. The van der Waals surface area contributed by atoms with E-state index in [9.17, 15) is 13.2 Å². The van der Waals surface area contributed by atoms with E-state index in [4.69, 9.17) is 0 Å². The fraction of sp³-hybridized carbons (Fsp3) is 0.632. The van der Waals surface area contributed by atoms with Crippen molar-refractivity contribution in [1.29, 1.82) is 0 Å². The Bertz CT molecular complexity index is 617. The molecule has 1 aromatic rings. The Labute approximate surface area is 176 Å². The predicted molar refractivity (Wildman–Crippen MR) is 113 cm³/mol. The molecule has 0 radical (unpaired) electrons. The molecule has 0 aromatic heterocycles. The van der Waals surface area contributed by atoms with Crippen LogP contribution in [0, 0.1) is 0 Å². The van der Waals surface area contributed by atoms with Gasteiger partial charge in [-0.3, -0.25) is 9.89 Å². The molecule has 8 heteroatoms. The average Bonchev–Trinajstić information content (AvgIpc) is 2.98. The molecular weight excluding hydrogens is 468 g/mol. The molecular formula is C19H28F3IN4. The average molecular weight is 496 g/mol. The number of nitrogens with one attached hydrogen (secondary N) is 2. The maximum absolute atomic E-state index is 12.5. The summed E-state index contributed by atoms with van der Waals surface area (Å²) in [7, 11) is 1.70. The molecule has 1 heterocycles. The molecule has 1 saturated heterocycles. The second-order valence-corrected chi connectivity index (χ2v) is 7.41. The monoisotopic (exact) mass is 496 g/mol. The summed E-state index contributed by atoms with van der Waals surface area (Å²) in [4.78, 5) is 5.71. The van der Waals surface area contributed by atoms with Gasteiger partial charge in [-0.1, -0.05) is 36.8 Å². The van der Waals surface area contributed by atoms with Gasteiger partial charge in [0.1, 0.15) is 0 Å². The van der Waals surface area contributed by atoms with Gasteiger partial charge >= 0.3 is 6.18 Å². The lowest BCUT2D eigenvalue weighted by molar-refractivity contribution is -0.143. The zero-order valence-corrected chi connectivity index (χ0v) is 17.9. The summed E-state index contributed by atoms with van der Waals surface area (Å²) in [5.74, 6) is 0.672. The third-order valence-corrected chi connectivity index (χ3v) is 5.53. The third-order valence-electron chi connectivity index (χ3n) is 5.53. The zero-order valence-electron chi connectivity index (χ0n) is 15.6. The van der Waals surface area contributed by atoms with Crippen LogP contribution in [-0.2, 0) is 5.41 Å². The Kier molecular flexibility index (Phi) is 7.79. The van der Waals surface area contributed by atoms with Gasteiger partial charge in [0.2, 0.25) is 0 Å². The summed E-state index contributed by atoms with van der Waals surface area (Å²) in [6, 6.07) is 10.5. The van der Waals surface area contributed by atoms with Crippen molar-refractivity contribution in [3.63, 3.8) is 0 Å². The molecule has 1 unspecified atom stereocenters. The number of alkyl halides is 3. The first-order valence-electron chi connectivity index (χ1n) is 9.22. The smallest absolute Gasteiger partial charge is 0.356 e. The fourth-order valence-corrected chi connectivity index (χ4v) is 3.95. The minimum absolute atomic E-state index is 0. The first kappa shape index (κ1) is 22.3. The second-order valence-electron chi connectivity index (χ2n) is 7.41. The molecule has 1 aliphatic carbocycles. The van der Waals surface area contributed by atoms with Crippen LogP contribution in [0.25, 0.3) is 0 Å². The van der Waals surface area contributed by atoms with Gasteiger partial charge < -0.3 is 10.6 Å². The van der Waals surface area contributed by atoms with Crippen LogP contribution in [0.3, 0.4) is 0 Å². The van der Waals surface area contributed by atoms with Gasteiger partial charge in [0.05, 0.1) is 6.54 Å². The van der Waals surface area contributed by atoms with E-state index >= 15 is 0 Å². The number of halogens is 4. The molecule has 0 amide bonds. The van der Waals surface area contributed by atoms with Crippen molar-refractivity contribution in [1.82, 2.24) is 15.5 Å². The van der Waals surface area contributed by atoms with Gasteiger partial charge in [-0.25, -0.2) is 0 Å². The van der Waals surface area contributed by atoms with Gasteiger partial charge in [-0.15, -0.1) is 24.0 Å². The molecule has 2 N–H and O–H groups in total. The fourth-order valence-electron chi connectivity index (χ4n) is 3.95. The van der Waals surface area contributed by atoms with E-state index in [2.05, 4.69) is 39.9 Å². The maximum Gasteiger partial charge on any atom is 0.401 e. The Morgan fingerprint density at radius 3 is 2.52 bits per heavy atom. The van der Waals surface area contributed by atoms with Gasteiger partial charge in [-0.05, 0) is 24.8 Å². The summed E-state index contributed by atoms with van der Waals surface area (Å²) in [5.41, 5.74) is 1.48. The van der Waals surface area contributed by atoms with E-state index in [1.807, 2.05) is 6.07 Å². The zero-order chi connectivity index (χ0) is 18.6. The highest BCUT2D eigenvalue weighted by atomic mass is 127. The van der Waals surface area contributed by atoms with Crippen molar-refractivity contribution in [3.8, 4) is 0 Å². The first-order valence-corrected chi connectivity index (χ1v) is 9.22. The van der Waals surface area contributed by atoms with Crippen LogP contribution in [0.1, 0.15) is 31.2 Å². The van der Waals surface area contributed by atoms with Crippen LogP contribution in [-0.4, -0.2) is 56.3 Å². The molecule has 152 valence electrons. The van der Waals surface area contributed by atoms with Crippen LogP contribution >= 0.6 is 24.0 Å². The molecule has 0 spiro atoms. The molecule has 4 nitrogen and oxygen atoms in total. The summed E-state index contributed by atoms with van der Waals surface area (Å²) >= 11 is 0. The largest absolute Gasteiger partial charge is 0.401 e. The highest BCUT2D eigenvalue weighted by Crippen LogP contribution is 2.43. The Hall–Kier alpha value is -1.03. The van der Waals surface area contributed by atoms with Crippen molar-refractivity contribution in [2.45, 2.75) is 43.3 Å². The van der Waals surface area contributed by atoms with E-state index in [-0.39, 0.29) is 35.4 Å². The standard InChI is InChI=1S/C19H27F3N4.HI/c1-23-17(25-16-8-11-26(12-16)14-19(20,21)22)24-13-18(9-5-10-18)15-6-3-2-4-7-15;/h2-4,6-7,16H,5,8-14H2,1H3,(H2,23,24,25);1H. The minimum Gasteiger partial charge on any atom is -0.356 e. The number of hydrogen-bond donors (Lipinski definition) is 2. The molecule has 3 rings (SSSR count). The van der Waals surface area contributed by atoms with Gasteiger partial charge in [0, 0.05) is 38.1 Å². The number of aliphatic imine (C=N–C) groups is 1. The van der Waals surface area contributed by atoms with Gasteiger partial charge in [0.15, 0.2) is 5.96 Å². The summed E-state index contributed by atoms with van der Waals surface area (Å²) in [5, 5.41) is 6.68. The van der Waals surface area contributed by atoms with Crippen molar-refractivity contribution >= 4 is 29.9 Å². The van der Waals surface area contributed by atoms with Crippen LogP contribution in [0.2, 0.25) is 0 Å². The lowest BCUT2D eigenvalue weighted by Crippen LogP contribution is -2.51. The number of rotatable bonds is 5. The number of hydrogen-bond acceptors (Lipinski definition) is 2. The molecule has 27 heavy (non-hydrogen) atoms. The van der Waals surface area contributed by atoms with Crippen molar-refractivity contribution in [2.75, 3.05) is 33.2 Å². The quantitative estimate of drug-likeness (QED) is 0.373. The lowest BCUT2D eigenvalue weighted by Gasteiger charge is -2.43. The normalized spacial score (nSPS) is 22.7. The van der Waals surface area contributed by atoms with E-state index in [0.717, 1.165) is 19.4 Å². The predicted octanol–water partition coefficient (Wildman–Crippen LogP) is 3.53. The van der Waals surface area contributed by atoms with Gasteiger partial charge in [-0.2, -0.15) is 13.2 Å². The first-order chi connectivity index (χ1) is 12.4. The summed E-state index contributed by atoms with van der Waals surface area (Å²) < 4.78 is 37.6. The number of benzene rings is 1. The molecule has 1 saturated carbocycles. The van der Waals surface area contributed by atoms with Crippen molar-refractivity contribution < 1.29 is 13.2 Å². The maximum atomic E-state index is 12.5.